The summed E-state index contributed by atoms with van der Waals surface area (Å²) in [6, 6.07) is 12.6. The van der Waals surface area contributed by atoms with Crippen LogP contribution in [0.4, 0.5) is 0 Å². The van der Waals surface area contributed by atoms with Crippen molar-refractivity contribution >= 4 is 16.7 Å². The monoisotopic (exact) mass is 315 g/mol. The molecule has 124 valence electrons. The molecule has 0 fully saturated rings. The fourth-order valence-electron chi connectivity index (χ4n) is 2.62. The predicted octanol–water partition coefficient (Wildman–Crippen LogP) is 1.78. The Hall–Kier alpha value is -2.07. The summed E-state index contributed by atoms with van der Waals surface area (Å²) in [6.07, 6.45) is 0. The molecule has 0 bridgehead atoms. The Balaban J connectivity index is 2.10. The molecule has 4 heteroatoms. The third kappa shape index (κ3) is 4.45. The number of hydrogen-bond acceptors (Lipinski definition) is 2. The number of fused-ring (bicyclic) bond motifs is 1. The van der Waals surface area contributed by atoms with Crippen molar-refractivity contribution in [2.45, 2.75) is 39.4 Å². The van der Waals surface area contributed by atoms with Gasteiger partial charge >= 0.3 is 0 Å². The molecule has 0 aliphatic carbocycles. The van der Waals surface area contributed by atoms with Crippen LogP contribution in [0.2, 0.25) is 0 Å². The van der Waals surface area contributed by atoms with E-state index in [0.29, 0.717) is 0 Å². The summed E-state index contributed by atoms with van der Waals surface area (Å²) in [5.74, 6) is 0.968. The van der Waals surface area contributed by atoms with E-state index in [0.717, 1.165) is 17.7 Å². The van der Waals surface area contributed by atoms with Crippen LogP contribution in [-0.4, -0.2) is 32.1 Å². The summed E-state index contributed by atoms with van der Waals surface area (Å²) in [7, 11) is 3.74. The first-order valence-corrected chi connectivity index (χ1v) is 8.10. The topological polar surface area (TPSA) is 42.8 Å². The van der Waals surface area contributed by atoms with Gasteiger partial charge in [0.15, 0.2) is 6.04 Å². The van der Waals surface area contributed by atoms with Crippen molar-refractivity contribution in [3.8, 4) is 5.75 Å². The van der Waals surface area contributed by atoms with E-state index >= 15 is 0 Å². The van der Waals surface area contributed by atoms with E-state index in [1.54, 1.807) is 7.11 Å². The molecule has 0 saturated carbocycles. The standard InChI is InChI=1S/C19H26N2O2/c1-13(2)20-19(22)14(3)21(4)12-15-6-7-17-11-18(23-5)9-8-16(17)10-15/h6-11,13-14H,12H2,1-5H3,(H,20,22)/p+1/t14-/m1/s1. The Morgan fingerprint density at radius 2 is 1.78 bits per heavy atom. The molecule has 0 saturated heterocycles. The van der Waals surface area contributed by atoms with E-state index < -0.39 is 0 Å². The van der Waals surface area contributed by atoms with Gasteiger partial charge in [-0.2, -0.15) is 0 Å². The van der Waals surface area contributed by atoms with Gasteiger partial charge in [0.05, 0.1) is 14.2 Å². The fraction of sp³-hybridized carbons (Fsp3) is 0.421. The second-order valence-corrected chi connectivity index (χ2v) is 6.46. The molecule has 2 rings (SSSR count). The van der Waals surface area contributed by atoms with Gasteiger partial charge in [0, 0.05) is 11.6 Å². The lowest BCUT2D eigenvalue weighted by molar-refractivity contribution is -0.908. The first-order valence-electron chi connectivity index (χ1n) is 8.10. The van der Waals surface area contributed by atoms with Crippen molar-refractivity contribution < 1.29 is 14.4 Å². The van der Waals surface area contributed by atoms with E-state index in [9.17, 15) is 4.79 Å². The Morgan fingerprint density at radius 3 is 2.43 bits per heavy atom. The summed E-state index contributed by atoms with van der Waals surface area (Å²) < 4.78 is 5.26. The number of ether oxygens (including phenoxy) is 1. The Bertz CT molecular complexity index is 682. The summed E-state index contributed by atoms with van der Waals surface area (Å²) in [6.45, 7) is 6.75. The van der Waals surface area contributed by atoms with Gasteiger partial charge in [0.25, 0.3) is 5.91 Å². The molecular formula is C19H27N2O2+. The number of benzene rings is 2. The van der Waals surface area contributed by atoms with Crippen LogP contribution >= 0.6 is 0 Å². The molecule has 0 aliphatic heterocycles. The molecule has 0 heterocycles. The molecule has 2 aromatic carbocycles. The first-order chi connectivity index (χ1) is 10.9. The Morgan fingerprint density at radius 1 is 1.13 bits per heavy atom. The molecule has 0 aliphatic rings. The van der Waals surface area contributed by atoms with Crippen molar-refractivity contribution in [1.82, 2.24) is 5.32 Å². The lowest BCUT2D eigenvalue weighted by atomic mass is 10.1. The molecule has 4 nitrogen and oxygen atoms in total. The molecule has 23 heavy (non-hydrogen) atoms. The number of carbonyl (C=O) groups is 1. The van der Waals surface area contributed by atoms with Gasteiger partial charge in [-0.15, -0.1) is 0 Å². The minimum absolute atomic E-state index is 0.0797. The molecule has 2 aromatic rings. The summed E-state index contributed by atoms with van der Waals surface area (Å²) in [4.78, 5) is 13.3. The van der Waals surface area contributed by atoms with Crippen molar-refractivity contribution in [2.75, 3.05) is 14.2 Å². The number of amides is 1. The average molecular weight is 315 g/mol. The maximum Gasteiger partial charge on any atom is 0.278 e. The van der Waals surface area contributed by atoms with Crippen molar-refractivity contribution in [1.29, 1.82) is 0 Å². The molecule has 0 spiro atoms. The van der Waals surface area contributed by atoms with E-state index in [1.807, 2.05) is 32.9 Å². The van der Waals surface area contributed by atoms with E-state index in [-0.39, 0.29) is 18.0 Å². The van der Waals surface area contributed by atoms with Gasteiger partial charge < -0.3 is 15.0 Å². The Labute approximate surface area is 138 Å². The van der Waals surface area contributed by atoms with E-state index in [1.165, 1.54) is 15.8 Å². The van der Waals surface area contributed by atoms with Gasteiger partial charge in [0.1, 0.15) is 12.3 Å². The van der Waals surface area contributed by atoms with Gasteiger partial charge in [-0.05, 0) is 49.7 Å². The van der Waals surface area contributed by atoms with Crippen LogP contribution in [0, 0.1) is 0 Å². The molecule has 2 atom stereocenters. The minimum Gasteiger partial charge on any atom is -0.497 e. The quantitative estimate of drug-likeness (QED) is 0.853. The van der Waals surface area contributed by atoms with Crippen molar-refractivity contribution in [2.24, 2.45) is 0 Å². The van der Waals surface area contributed by atoms with E-state index in [4.69, 9.17) is 4.74 Å². The zero-order chi connectivity index (χ0) is 17.0. The highest BCUT2D eigenvalue weighted by atomic mass is 16.5. The normalized spacial score (nSPS) is 13.8. The van der Waals surface area contributed by atoms with Gasteiger partial charge in [0.2, 0.25) is 0 Å². The van der Waals surface area contributed by atoms with Crippen LogP contribution in [0.3, 0.4) is 0 Å². The summed E-state index contributed by atoms with van der Waals surface area (Å²) >= 11 is 0. The van der Waals surface area contributed by atoms with Crippen LogP contribution in [0.25, 0.3) is 10.8 Å². The third-order valence-electron chi connectivity index (χ3n) is 4.16. The van der Waals surface area contributed by atoms with Crippen LogP contribution < -0.4 is 15.0 Å². The second kappa shape index (κ2) is 7.47. The smallest absolute Gasteiger partial charge is 0.278 e. The zero-order valence-corrected chi connectivity index (χ0v) is 14.6. The highest BCUT2D eigenvalue weighted by Crippen LogP contribution is 2.21. The fourth-order valence-corrected chi connectivity index (χ4v) is 2.62. The number of rotatable bonds is 6. The van der Waals surface area contributed by atoms with E-state index in [2.05, 4.69) is 36.6 Å². The molecular weight excluding hydrogens is 288 g/mol. The number of hydrogen-bond donors (Lipinski definition) is 2. The predicted molar refractivity (Wildman–Crippen MR) is 93.8 cm³/mol. The SMILES string of the molecule is COc1ccc2cc(C[NH+](C)[C@H](C)C(=O)NC(C)C)ccc2c1. The molecule has 0 aromatic heterocycles. The average Bonchev–Trinajstić information content (AvgIpc) is 2.52. The number of carbonyl (C=O) groups excluding carboxylic acids is 1. The largest absolute Gasteiger partial charge is 0.497 e. The number of quaternary nitrogens is 1. The number of methoxy groups -OCH3 is 1. The van der Waals surface area contributed by atoms with Crippen molar-refractivity contribution in [3.63, 3.8) is 0 Å². The van der Waals surface area contributed by atoms with Crippen molar-refractivity contribution in [3.05, 3.63) is 42.0 Å². The summed E-state index contributed by atoms with van der Waals surface area (Å²) in [5.41, 5.74) is 1.23. The molecule has 1 unspecified atom stereocenters. The second-order valence-electron chi connectivity index (χ2n) is 6.46. The lowest BCUT2D eigenvalue weighted by Gasteiger charge is -2.22. The number of likely N-dealkylation sites (N-methyl/N-ethyl adjacent to an activating group) is 1. The first kappa shape index (κ1) is 17.3. The minimum atomic E-state index is -0.0797. The van der Waals surface area contributed by atoms with Gasteiger partial charge in [-0.25, -0.2) is 0 Å². The van der Waals surface area contributed by atoms with Crippen LogP contribution in [0.15, 0.2) is 36.4 Å². The van der Waals surface area contributed by atoms with Gasteiger partial charge in [-0.1, -0.05) is 18.2 Å². The third-order valence-corrected chi connectivity index (χ3v) is 4.16. The van der Waals surface area contributed by atoms with Crippen LogP contribution in [0.5, 0.6) is 5.75 Å². The highest BCUT2D eigenvalue weighted by Gasteiger charge is 2.22. The van der Waals surface area contributed by atoms with Gasteiger partial charge in [-0.3, -0.25) is 4.79 Å². The maximum atomic E-state index is 12.1. The summed E-state index contributed by atoms with van der Waals surface area (Å²) in [5, 5.41) is 5.33. The maximum absolute atomic E-state index is 12.1. The molecule has 1 amide bonds. The number of nitrogens with one attached hydrogen (secondary N) is 2. The molecule has 2 N–H and O–H groups in total. The lowest BCUT2D eigenvalue weighted by Crippen LogP contribution is -3.12. The van der Waals surface area contributed by atoms with Crippen LogP contribution in [-0.2, 0) is 11.3 Å². The van der Waals surface area contributed by atoms with Crippen LogP contribution in [0.1, 0.15) is 26.3 Å². The Kier molecular flexibility index (Phi) is 5.61. The molecule has 0 radical (unpaired) electrons. The zero-order valence-electron chi connectivity index (χ0n) is 14.6. The highest BCUT2D eigenvalue weighted by molar-refractivity contribution is 5.84.